The van der Waals surface area contributed by atoms with Crippen LogP contribution >= 0.6 is 11.6 Å². The van der Waals surface area contributed by atoms with Gasteiger partial charge in [0.05, 0.1) is 35.3 Å². The van der Waals surface area contributed by atoms with Crippen LogP contribution in [0.25, 0.3) is 0 Å². The summed E-state index contributed by atoms with van der Waals surface area (Å²) in [5.41, 5.74) is 0.279. The van der Waals surface area contributed by atoms with Gasteiger partial charge in [-0.3, -0.25) is 29.7 Å². The summed E-state index contributed by atoms with van der Waals surface area (Å²) in [5.74, 6) is -0.0524. The Bertz CT molecular complexity index is 1230. The highest BCUT2D eigenvalue weighted by Gasteiger charge is 2.20. The van der Waals surface area contributed by atoms with Crippen molar-refractivity contribution in [2.45, 2.75) is 19.9 Å². The van der Waals surface area contributed by atoms with E-state index in [1.807, 2.05) is 0 Å². The van der Waals surface area contributed by atoms with Crippen LogP contribution in [0.4, 0.5) is 17.1 Å². The summed E-state index contributed by atoms with van der Waals surface area (Å²) in [6.45, 7) is 1.80. The van der Waals surface area contributed by atoms with Gasteiger partial charge < -0.3 is 14.8 Å². The first-order valence-electron chi connectivity index (χ1n) is 9.45. The number of halogens is 1. The molecule has 1 amide bonds. The summed E-state index contributed by atoms with van der Waals surface area (Å²) in [5, 5.41) is 29.3. The number of hydrogen-bond acceptors (Lipinski definition) is 8. The number of hydrogen-bond donors (Lipinski definition) is 1. The average Bonchev–Trinajstić information content (AvgIpc) is 3.18. The molecular formula is C20H18ClN5O7. The molecule has 0 aliphatic rings. The van der Waals surface area contributed by atoms with Crippen molar-refractivity contribution in [1.82, 2.24) is 9.78 Å². The Kier molecular flexibility index (Phi) is 7.08. The number of non-ortho nitro benzene ring substituents is 1. The average molecular weight is 476 g/mol. The highest BCUT2D eigenvalue weighted by Crippen LogP contribution is 2.32. The molecule has 172 valence electrons. The van der Waals surface area contributed by atoms with E-state index in [1.165, 1.54) is 30.0 Å². The predicted molar refractivity (Wildman–Crippen MR) is 118 cm³/mol. The van der Waals surface area contributed by atoms with E-state index in [1.54, 1.807) is 25.1 Å². The number of methoxy groups -OCH3 is 1. The minimum atomic E-state index is -0.643. The van der Waals surface area contributed by atoms with Crippen molar-refractivity contribution in [2.24, 2.45) is 0 Å². The molecule has 1 heterocycles. The number of aromatic nitrogens is 2. The molecule has 0 spiro atoms. The Morgan fingerprint density at radius 2 is 1.94 bits per heavy atom. The third-order valence-corrected chi connectivity index (χ3v) is 4.65. The van der Waals surface area contributed by atoms with E-state index >= 15 is 0 Å². The molecule has 3 aromatic rings. The summed E-state index contributed by atoms with van der Waals surface area (Å²) in [6.07, 6.45) is 1.05. The summed E-state index contributed by atoms with van der Waals surface area (Å²) in [7, 11) is 1.25. The first kappa shape index (κ1) is 23.5. The lowest BCUT2D eigenvalue weighted by Gasteiger charge is -2.11. The van der Waals surface area contributed by atoms with Crippen LogP contribution in [0.3, 0.4) is 0 Å². The molecule has 3 rings (SSSR count). The number of nitrogens with zero attached hydrogens (tertiary/aromatic N) is 4. The van der Waals surface area contributed by atoms with Crippen molar-refractivity contribution in [3.8, 4) is 17.4 Å². The smallest absolute Gasteiger partial charge is 0.350 e. The molecule has 0 saturated heterocycles. The van der Waals surface area contributed by atoms with Crippen LogP contribution in [0.5, 0.6) is 17.4 Å². The highest BCUT2D eigenvalue weighted by molar-refractivity contribution is 6.30. The van der Waals surface area contributed by atoms with Gasteiger partial charge in [0, 0.05) is 23.6 Å². The van der Waals surface area contributed by atoms with Gasteiger partial charge in [0.25, 0.3) is 5.69 Å². The maximum absolute atomic E-state index is 12.4. The third-order valence-electron chi connectivity index (χ3n) is 4.42. The number of rotatable bonds is 9. The van der Waals surface area contributed by atoms with Gasteiger partial charge in [0.2, 0.25) is 5.91 Å². The molecule has 0 atom stereocenters. The molecule has 13 heteroatoms. The van der Waals surface area contributed by atoms with Crippen LogP contribution in [0.1, 0.15) is 12.0 Å². The molecule has 2 aromatic carbocycles. The maximum Gasteiger partial charge on any atom is 0.350 e. The van der Waals surface area contributed by atoms with Crippen molar-refractivity contribution in [2.75, 3.05) is 12.4 Å². The summed E-state index contributed by atoms with van der Waals surface area (Å²) >= 11 is 5.94. The number of nitro benzene ring substituents is 1. The zero-order valence-corrected chi connectivity index (χ0v) is 18.2. The lowest BCUT2D eigenvalue weighted by Crippen LogP contribution is -2.15. The van der Waals surface area contributed by atoms with E-state index in [9.17, 15) is 25.0 Å². The quantitative estimate of drug-likeness (QED) is 0.351. The van der Waals surface area contributed by atoms with Crippen LogP contribution in [-0.4, -0.2) is 32.6 Å². The minimum absolute atomic E-state index is 0.0261. The van der Waals surface area contributed by atoms with E-state index in [0.717, 1.165) is 11.8 Å². The van der Waals surface area contributed by atoms with E-state index in [4.69, 9.17) is 21.1 Å². The molecule has 0 aliphatic carbocycles. The second-order valence-electron chi connectivity index (χ2n) is 6.83. The Labute approximate surface area is 192 Å². The molecule has 1 aromatic heterocycles. The molecule has 0 saturated carbocycles. The largest absolute Gasteiger partial charge is 0.475 e. The minimum Gasteiger partial charge on any atom is -0.475 e. The van der Waals surface area contributed by atoms with Crippen LogP contribution in [0, 0.1) is 27.2 Å². The summed E-state index contributed by atoms with van der Waals surface area (Å²) in [4.78, 5) is 33.4. The SMILES string of the molecule is COc1nn(CCC(=O)Nc2cc(Oc3ccc(Cl)cc3C)cc([N+](=O)[O-])c2)cc1[N+](=O)[O-]. The van der Waals surface area contributed by atoms with Gasteiger partial charge in [-0.25, -0.2) is 0 Å². The van der Waals surface area contributed by atoms with Gasteiger partial charge in [0.15, 0.2) is 0 Å². The third kappa shape index (κ3) is 5.95. The topological polar surface area (TPSA) is 152 Å². The maximum atomic E-state index is 12.4. The van der Waals surface area contributed by atoms with Crippen LogP contribution < -0.4 is 14.8 Å². The van der Waals surface area contributed by atoms with Crippen molar-refractivity contribution in [3.63, 3.8) is 0 Å². The van der Waals surface area contributed by atoms with Crippen LogP contribution in [0.15, 0.2) is 42.6 Å². The van der Waals surface area contributed by atoms with E-state index < -0.39 is 15.8 Å². The van der Waals surface area contributed by atoms with Crippen LogP contribution in [-0.2, 0) is 11.3 Å². The first-order chi connectivity index (χ1) is 15.7. The van der Waals surface area contributed by atoms with Gasteiger partial charge in [0.1, 0.15) is 17.7 Å². The fourth-order valence-corrected chi connectivity index (χ4v) is 3.12. The van der Waals surface area contributed by atoms with Gasteiger partial charge in [-0.15, -0.1) is 5.10 Å². The number of nitro groups is 2. The number of amides is 1. The Morgan fingerprint density at radius 3 is 2.55 bits per heavy atom. The number of aryl methyl sites for hydroxylation is 2. The number of benzene rings is 2. The van der Waals surface area contributed by atoms with Crippen molar-refractivity contribution >= 4 is 34.6 Å². The lowest BCUT2D eigenvalue weighted by atomic mass is 10.2. The molecule has 0 fully saturated rings. The predicted octanol–water partition coefficient (Wildman–Crippen LogP) is 4.49. The first-order valence-corrected chi connectivity index (χ1v) is 9.83. The molecule has 0 aliphatic heterocycles. The lowest BCUT2D eigenvalue weighted by molar-refractivity contribution is -0.385. The summed E-state index contributed by atoms with van der Waals surface area (Å²) in [6, 6.07) is 8.82. The van der Waals surface area contributed by atoms with Crippen molar-refractivity contribution in [1.29, 1.82) is 0 Å². The normalized spacial score (nSPS) is 10.5. The molecule has 0 unspecified atom stereocenters. The van der Waals surface area contributed by atoms with Crippen molar-refractivity contribution in [3.05, 3.63) is 73.4 Å². The molecule has 12 nitrogen and oxygen atoms in total. The van der Waals surface area contributed by atoms with E-state index in [-0.39, 0.29) is 41.7 Å². The van der Waals surface area contributed by atoms with Crippen LogP contribution in [0.2, 0.25) is 5.02 Å². The second-order valence-corrected chi connectivity index (χ2v) is 7.26. The molecule has 1 N–H and O–H groups in total. The molecule has 0 radical (unpaired) electrons. The van der Waals surface area contributed by atoms with Gasteiger partial charge in [-0.1, -0.05) is 11.6 Å². The molecule has 0 bridgehead atoms. The van der Waals surface area contributed by atoms with E-state index in [2.05, 4.69) is 10.4 Å². The van der Waals surface area contributed by atoms with E-state index in [0.29, 0.717) is 10.8 Å². The monoisotopic (exact) mass is 475 g/mol. The Balaban J connectivity index is 1.73. The van der Waals surface area contributed by atoms with Gasteiger partial charge in [-0.2, -0.15) is 0 Å². The fraction of sp³-hybridized carbons (Fsp3) is 0.200. The van der Waals surface area contributed by atoms with Gasteiger partial charge >= 0.3 is 11.6 Å². The zero-order chi connectivity index (χ0) is 24.1. The highest BCUT2D eigenvalue weighted by atomic mass is 35.5. The number of nitrogens with one attached hydrogen (secondary N) is 1. The number of carbonyl (C=O) groups is 1. The molecular weight excluding hydrogens is 458 g/mol. The van der Waals surface area contributed by atoms with Gasteiger partial charge in [-0.05, 0) is 30.7 Å². The number of ether oxygens (including phenoxy) is 2. The number of carbonyl (C=O) groups excluding carboxylic acids is 1. The second kappa shape index (κ2) is 9.96. The Morgan fingerprint density at radius 1 is 1.18 bits per heavy atom. The zero-order valence-electron chi connectivity index (χ0n) is 17.5. The standard InChI is InChI=1S/C20H18ClN5O7/c1-12-7-13(21)3-4-18(12)33-16-9-14(8-15(10-16)25(28)29)22-19(27)5-6-24-11-17(26(30)31)20(23-24)32-2/h3-4,7-11H,5-6H2,1-2H3,(H,22,27). The van der Waals surface area contributed by atoms with Crippen molar-refractivity contribution < 1.29 is 24.1 Å². The fourth-order valence-electron chi connectivity index (χ4n) is 2.89. The molecule has 33 heavy (non-hydrogen) atoms. The Hall–Kier alpha value is -4.19. The summed E-state index contributed by atoms with van der Waals surface area (Å²) < 4.78 is 11.8. The number of anilines is 1.